The number of hydrogen-bond donors (Lipinski definition) is 2. The second-order valence-corrected chi connectivity index (χ2v) is 8.88. The Hall–Kier alpha value is -4.49. The van der Waals surface area contributed by atoms with E-state index in [0.29, 0.717) is 18.2 Å². The minimum atomic E-state index is -5.84. The summed E-state index contributed by atoms with van der Waals surface area (Å²) in [6, 6.07) is 3.88. The molecule has 0 amide bonds. The van der Waals surface area contributed by atoms with E-state index in [1.165, 1.54) is 24.3 Å². The molecular weight excluding hydrogens is 583 g/mol. The van der Waals surface area contributed by atoms with Crippen molar-refractivity contribution < 1.29 is 44.6 Å². The third-order valence-corrected chi connectivity index (χ3v) is 6.20. The number of hydrogen-bond acceptors (Lipinski definition) is 6. The van der Waals surface area contributed by atoms with E-state index in [1.807, 2.05) is 0 Å². The fourth-order valence-corrected chi connectivity index (χ4v) is 3.99. The van der Waals surface area contributed by atoms with Gasteiger partial charge in [-0.15, -0.1) is 5.10 Å². The second kappa shape index (κ2) is 11.4. The maximum absolute atomic E-state index is 14.6. The summed E-state index contributed by atoms with van der Waals surface area (Å²) >= 11 is 0. The Kier molecular flexibility index (Phi) is 8.28. The Morgan fingerprint density at radius 1 is 0.881 bits per heavy atom. The number of nitrogens with zero attached hydrogens (tertiary/aromatic N) is 5. The molecule has 0 bridgehead atoms. The van der Waals surface area contributed by atoms with E-state index in [-0.39, 0.29) is 16.8 Å². The SMILES string of the molecule is NC(c1ccc(C#Cc2ccc(C(n3cnnn3)C(O)(c3ccc(F)cc3F)C(F)F)nc2)cc1)C(F)(F)C(F)(F)F. The molecule has 0 spiro atoms. The Bertz CT molecular complexity index is 1580. The van der Waals surface area contributed by atoms with Gasteiger partial charge in [0.15, 0.2) is 5.60 Å². The third kappa shape index (κ3) is 5.78. The van der Waals surface area contributed by atoms with Crippen LogP contribution in [0, 0.1) is 23.5 Å². The molecule has 42 heavy (non-hydrogen) atoms. The normalized spacial score (nSPS) is 15.0. The van der Waals surface area contributed by atoms with Crippen molar-refractivity contribution in [3.8, 4) is 11.8 Å². The van der Waals surface area contributed by atoms with E-state index in [0.717, 1.165) is 29.3 Å². The lowest BCUT2D eigenvalue weighted by Gasteiger charge is -2.35. The first-order chi connectivity index (χ1) is 19.7. The summed E-state index contributed by atoms with van der Waals surface area (Å²) in [7, 11) is 0. The molecule has 3 unspecified atom stereocenters. The molecule has 0 aliphatic carbocycles. The zero-order valence-corrected chi connectivity index (χ0v) is 20.7. The van der Waals surface area contributed by atoms with Crippen molar-refractivity contribution in [2.24, 2.45) is 5.73 Å². The standard InChI is InChI=1S/C26H17F9N6O/c27-17-8-9-18(19(28)11-17)24(42,23(29)30)22(41-13-38-39-40-41)20-10-5-15(12-37-20)2-1-14-3-6-16(7-4-14)21(36)25(31,32)26(33,34)35/h3-13,21-23,42H,36H2. The molecule has 2 aromatic carbocycles. The van der Waals surface area contributed by atoms with Gasteiger partial charge >= 0.3 is 12.1 Å². The van der Waals surface area contributed by atoms with Gasteiger partial charge in [0.25, 0.3) is 6.43 Å². The molecule has 16 heteroatoms. The number of tetrazole rings is 1. The second-order valence-electron chi connectivity index (χ2n) is 8.88. The Labute approximate surface area is 230 Å². The molecule has 2 heterocycles. The van der Waals surface area contributed by atoms with E-state index in [9.17, 15) is 44.6 Å². The number of nitrogens with two attached hydrogens (primary N) is 1. The minimum Gasteiger partial charge on any atom is -0.377 e. The molecule has 0 fully saturated rings. The molecular formula is C26H17F9N6O. The number of alkyl halides is 7. The lowest BCUT2D eigenvalue weighted by atomic mass is 9.84. The van der Waals surface area contributed by atoms with Crippen LogP contribution < -0.4 is 5.73 Å². The van der Waals surface area contributed by atoms with Gasteiger partial charge in [0.1, 0.15) is 30.0 Å². The summed E-state index contributed by atoms with van der Waals surface area (Å²) in [4.78, 5) is 4.04. The Morgan fingerprint density at radius 3 is 2.05 bits per heavy atom. The van der Waals surface area contributed by atoms with Gasteiger partial charge < -0.3 is 10.8 Å². The largest absolute Gasteiger partial charge is 0.455 e. The number of benzene rings is 2. The number of aliphatic hydroxyl groups is 1. The van der Waals surface area contributed by atoms with Crippen LogP contribution in [0.25, 0.3) is 0 Å². The maximum atomic E-state index is 14.6. The fourth-order valence-electron chi connectivity index (χ4n) is 3.99. The van der Waals surface area contributed by atoms with Crippen molar-refractivity contribution in [3.63, 3.8) is 0 Å². The molecule has 3 N–H and O–H groups in total. The number of rotatable bonds is 7. The maximum Gasteiger partial charge on any atom is 0.455 e. The highest BCUT2D eigenvalue weighted by atomic mass is 19.4. The monoisotopic (exact) mass is 600 g/mol. The van der Waals surface area contributed by atoms with E-state index in [1.54, 1.807) is 0 Å². The molecule has 0 saturated heterocycles. The summed E-state index contributed by atoms with van der Waals surface area (Å²) in [5.74, 6) is -2.41. The third-order valence-electron chi connectivity index (χ3n) is 6.20. The average molecular weight is 600 g/mol. The van der Waals surface area contributed by atoms with Gasteiger partial charge in [-0.05, 0) is 52.4 Å². The first-order valence-corrected chi connectivity index (χ1v) is 11.6. The molecule has 4 aromatic rings. The lowest BCUT2D eigenvalue weighted by molar-refractivity contribution is -0.291. The predicted octanol–water partition coefficient (Wildman–Crippen LogP) is 4.69. The van der Waals surface area contributed by atoms with Crippen molar-refractivity contribution in [2.45, 2.75) is 36.2 Å². The summed E-state index contributed by atoms with van der Waals surface area (Å²) in [5, 5.41) is 21.4. The molecule has 3 atom stereocenters. The van der Waals surface area contributed by atoms with Crippen LogP contribution in [0.4, 0.5) is 39.5 Å². The fraction of sp³-hybridized carbons (Fsp3) is 0.231. The minimum absolute atomic E-state index is 0.187. The Morgan fingerprint density at radius 2 is 1.52 bits per heavy atom. The summed E-state index contributed by atoms with van der Waals surface area (Å²) in [5.41, 5.74) is 0.505. The van der Waals surface area contributed by atoms with Gasteiger partial charge in [0.2, 0.25) is 0 Å². The average Bonchev–Trinajstić information content (AvgIpc) is 3.46. The molecule has 4 rings (SSSR count). The van der Waals surface area contributed by atoms with Crippen molar-refractivity contribution in [1.29, 1.82) is 0 Å². The van der Waals surface area contributed by atoms with Crippen molar-refractivity contribution in [3.05, 3.63) is 107 Å². The van der Waals surface area contributed by atoms with Crippen LogP contribution in [-0.2, 0) is 5.60 Å². The highest BCUT2D eigenvalue weighted by Gasteiger charge is 2.61. The Balaban J connectivity index is 1.64. The zero-order chi connectivity index (χ0) is 30.9. The summed E-state index contributed by atoms with van der Waals surface area (Å²) in [6.07, 6.45) is -7.48. The van der Waals surface area contributed by atoms with Crippen LogP contribution in [0.3, 0.4) is 0 Å². The van der Waals surface area contributed by atoms with Crippen LogP contribution in [0.15, 0.2) is 67.1 Å². The van der Waals surface area contributed by atoms with E-state index in [2.05, 4.69) is 32.4 Å². The molecule has 7 nitrogen and oxygen atoms in total. The van der Waals surface area contributed by atoms with Gasteiger partial charge in [0.05, 0.1) is 5.69 Å². The molecule has 0 aliphatic rings. The van der Waals surface area contributed by atoms with Gasteiger partial charge in [0, 0.05) is 29.0 Å². The van der Waals surface area contributed by atoms with E-state index >= 15 is 0 Å². The molecule has 0 radical (unpaired) electrons. The number of aromatic nitrogens is 5. The van der Waals surface area contributed by atoms with Gasteiger partial charge in [-0.2, -0.15) is 22.0 Å². The van der Waals surface area contributed by atoms with Crippen molar-refractivity contribution in [1.82, 2.24) is 25.2 Å². The van der Waals surface area contributed by atoms with Crippen LogP contribution in [0.1, 0.15) is 40.0 Å². The zero-order valence-electron chi connectivity index (χ0n) is 20.7. The predicted molar refractivity (Wildman–Crippen MR) is 127 cm³/mol. The van der Waals surface area contributed by atoms with Gasteiger partial charge in [-0.1, -0.05) is 24.0 Å². The van der Waals surface area contributed by atoms with Crippen LogP contribution in [0.5, 0.6) is 0 Å². The lowest BCUT2D eigenvalue weighted by Crippen LogP contribution is -2.45. The van der Waals surface area contributed by atoms with Crippen molar-refractivity contribution >= 4 is 0 Å². The molecule has 0 aliphatic heterocycles. The smallest absolute Gasteiger partial charge is 0.377 e. The van der Waals surface area contributed by atoms with Gasteiger partial charge in [-0.3, -0.25) is 4.98 Å². The van der Waals surface area contributed by atoms with Crippen LogP contribution >= 0.6 is 0 Å². The highest BCUT2D eigenvalue weighted by Crippen LogP contribution is 2.44. The quantitative estimate of drug-likeness (QED) is 0.236. The summed E-state index contributed by atoms with van der Waals surface area (Å²) in [6.45, 7) is 0. The topological polar surface area (TPSA) is 103 Å². The van der Waals surface area contributed by atoms with E-state index in [4.69, 9.17) is 5.73 Å². The number of halogens is 9. The highest BCUT2D eigenvalue weighted by molar-refractivity contribution is 5.44. The first kappa shape index (κ1) is 30.5. The molecule has 0 saturated carbocycles. The van der Waals surface area contributed by atoms with Crippen molar-refractivity contribution in [2.75, 3.05) is 0 Å². The van der Waals surface area contributed by atoms with E-state index < -0.39 is 59.0 Å². The van der Waals surface area contributed by atoms with Gasteiger partial charge in [-0.25, -0.2) is 22.2 Å². The molecule has 2 aromatic heterocycles. The summed E-state index contributed by atoms with van der Waals surface area (Å²) < 4.78 is 122. The van der Waals surface area contributed by atoms with Crippen LogP contribution in [-0.4, -0.2) is 48.8 Å². The van der Waals surface area contributed by atoms with Crippen LogP contribution in [0.2, 0.25) is 0 Å². The molecule has 220 valence electrons. The number of pyridine rings is 1. The first-order valence-electron chi connectivity index (χ1n) is 11.6.